The highest BCUT2D eigenvalue weighted by Gasteiger charge is 2.36. The van der Waals surface area contributed by atoms with Gasteiger partial charge in [0.1, 0.15) is 17.5 Å². The van der Waals surface area contributed by atoms with Crippen LogP contribution in [0.25, 0.3) is 0 Å². The lowest BCUT2D eigenvalue weighted by atomic mass is 9.89. The number of pyridine rings is 1. The third kappa shape index (κ3) is 6.33. The van der Waals surface area contributed by atoms with Crippen LogP contribution in [-0.4, -0.2) is 52.1 Å². The van der Waals surface area contributed by atoms with Gasteiger partial charge >= 0.3 is 0 Å². The SMILES string of the molecule is C=C(N)C1=CCC=C(N2CCCC(CC)=N2)N=C1N1CC(C(C)CCNc2cccc(S)n2)CC1C. The maximum atomic E-state index is 6.28. The van der Waals surface area contributed by atoms with Gasteiger partial charge in [-0.3, -0.25) is 0 Å². The van der Waals surface area contributed by atoms with Gasteiger partial charge in [-0.2, -0.15) is 5.10 Å². The number of aliphatic imine (C=N–C) groups is 1. The van der Waals surface area contributed by atoms with Crippen LogP contribution in [0.15, 0.2) is 69.1 Å². The molecule has 0 bridgehead atoms. The molecule has 0 aromatic carbocycles. The highest BCUT2D eigenvalue weighted by Crippen LogP contribution is 2.34. The summed E-state index contributed by atoms with van der Waals surface area (Å²) in [7, 11) is 0. The molecule has 7 nitrogen and oxygen atoms in total. The van der Waals surface area contributed by atoms with Gasteiger partial charge in [-0.25, -0.2) is 15.0 Å². The van der Waals surface area contributed by atoms with Crippen molar-refractivity contribution in [2.45, 2.75) is 70.4 Å². The zero-order valence-electron chi connectivity index (χ0n) is 22.0. The molecule has 3 unspecified atom stereocenters. The number of amidine groups is 1. The van der Waals surface area contributed by atoms with Gasteiger partial charge in [0.15, 0.2) is 0 Å². The molecular formula is C28H41N7S. The van der Waals surface area contributed by atoms with Crippen LogP contribution in [0.1, 0.15) is 59.3 Å². The van der Waals surface area contributed by atoms with Crippen LogP contribution in [0.3, 0.4) is 0 Å². The molecule has 0 amide bonds. The van der Waals surface area contributed by atoms with Crippen molar-refractivity contribution < 1.29 is 0 Å². The molecule has 0 aliphatic carbocycles. The van der Waals surface area contributed by atoms with E-state index >= 15 is 0 Å². The largest absolute Gasteiger partial charge is 0.399 e. The lowest BCUT2D eigenvalue weighted by Crippen LogP contribution is -2.37. The number of aromatic nitrogens is 1. The van der Waals surface area contributed by atoms with Crippen molar-refractivity contribution in [3.8, 4) is 0 Å². The second kappa shape index (κ2) is 12.0. The smallest absolute Gasteiger partial charge is 0.147 e. The number of rotatable bonds is 8. The number of hydrogen-bond donors (Lipinski definition) is 3. The number of nitrogens with zero attached hydrogens (tertiary/aromatic N) is 5. The Kier molecular flexibility index (Phi) is 8.77. The van der Waals surface area contributed by atoms with Gasteiger partial charge in [-0.1, -0.05) is 32.6 Å². The number of allylic oxidation sites excluding steroid dienone is 2. The van der Waals surface area contributed by atoms with Gasteiger partial charge in [0, 0.05) is 42.7 Å². The minimum absolute atomic E-state index is 0.379. The van der Waals surface area contributed by atoms with E-state index in [-0.39, 0.29) is 0 Å². The van der Waals surface area contributed by atoms with E-state index in [1.807, 2.05) is 18.2 Å². The quantitative estimate of drug-likeness (QED) is 0.409. The van der Waals surface area contributed by atoms with E-state index in [2.05, 4.69) is 72.3 Å². The van der Waals surface area contributed by atoms with Crippen molar-refractivity contribution in [3.05, 3.63) is 54.0 Å². The van der Waals surface area contributed by atoms with E-state index < -0.39 is 0 Å². The third-order valence-electron chi connectivity index (χ3n) is 7.52. The number of thiol groups is 1. The number of hydrogen-bond acceptors (Lipinski definition) is 8. The highest BCUT2D eigenvalue weighted by atomic mass is 32.1. The summed E-state index contributed by atoms with van der Waals surface area (Å²) in [6, 6.07) is 6.23. The average Bonchev–Trinajstić information content (AvgIpc) is 3.11. The minimum atomic E-state index is 0.379. The van der Waals surface area contributed by atoms with E-state index in [4.69, 9.17) is 15.8 Å². The molecule has 4 heterocycles. The Balaban J connectivity index is 1.46. The zero-order chi connectivity index (χ0) is 25.7. The van der Waals surface area contributed by atoms with Crippen LogP contribution in [-0.2, 0) is 0 Å². The molecule has 4 rings (SSSR count). The molecule has 1 saturated heterocycles. The van der Waals surface area contributed by atoms with Crippen molar-refractivity contribution in [2.75, 3.05) is 25.0 Å². The lowest BCUT2D eigenvalue weighted by Gasteiger charge is -2.29. The lowest BCUT2D eigenvalue weighted by molar-refractivity contribution is 0.333. The van der Waals surface area contributed by atoms with Gasteiger partial charge in [-0.05, 0) is 75.5 Å². The van der Waals surface area contributed by atoms with E-state index in [0.29, 0.717) is 23.6 Å². The fourth-order valence-electron chi connectivity index (χ4n) is 5.33. The first-order valence-electron chi connectivity index (χ1n) is 13.3. The molecule has 1 aromatic rings. The van der Waals surface area contributed by atoms with Gasteiger partial charge in [0.05, 0.1) is 5.03 Å². The van der Waals surface area contributed by atoms with Crippen molar-refractivity contribution >= 4 is 30.0 Å². The van der Waals surface area contributed by atoms with E-state index in [1.165, 1.54) is 5.71 Å². The molecule has 3 aliphatic heterocycles. The number of anilines is 1. The maximum Gasteiger partial charge on any atom is 0.147 e. The Labute approximate surface area is 221 Å². The zero-order valence-corrected chi connectivity index (χ0v) is 22.8. The molecule has 0 radical (unpaired) electrons. The van der Waals surface area contributed by atoms with Crippen molar-refractivity contribution in [1.29, 1.82) is 0 Å². The maximum absolute atomic E-state index is 6.28. The fourth-order valence-corrected chi connectivity index (χ4v) is 5.52. The van der Waals surface area contributed by atoms with E-state index in [1.54, 1.807) is 0 Å². The predicted octanol–water partition coefficient (Wildman–Crippen LogP) is 5.42. The molecule has 194 valence electrons. The molecule has 1 fully saturated rings. The monoisotopic (exact) mass is 507 g/mol. The normalized spacial score (nSPS) is 23.3. The summed E-state index contributed by atoms with van der Waals surface area (Å²) in [5, 5.41) is 11.1. The standard InChI is InChI=1S/C28H41N7S/c1-5-23-9-8-16-35(33-23)26-12-6-10-24(21(4)29)28(32-26)34-18-22(17-20(34)3)19(2)14-15-30-25-11-7-13-27(36)31-25/h7,10-13,19-20,22H,4-6,8-9,14-18,29H2,1-3H3,(H2,30,31,36). The minimum Gasteiger partial charge on any atom is -0.399 e. The average molecular weight is 508 g/mol. The summed E-state index contributed by atoms with van der Waals surface area (Å²) in [6.07, 6.45) is 10.5. The van der Waals surface area contributed by atoms with Crippen LogP contribution >= 0.6 is 12.6 Å². The Morgan fingerprint density at radius 3 is 2.92 bits per heavy atom. The summed E-state index contributed by atoms with van der Waals surface area (Å²) in [5.74, 6) is 3.90. The van der Waals surface area contributed by atoms with Crippen molar-refractivity contribution in [2.24, 2.45) is 27.7 Å². The Hall–Kier alpha value is -2.74. The van der Waals surface area contributed by atoms with Crippen molar-refractivity contribution in [1.82, 2.24) is 14.9 Å². The van der Waals surface area contributed by atoms with Gasteiger partial charge in [0.2, 0.25) is 0 Å². The van der Waals surface area contributed by atoms with Crippen molar-refractivity contribution in [3.63, 3.8) is 0 Å². The molecular weight excluding hydrogens is 466 g/mol. The molecule has 3 atom stereocenters. The molecule has 36 heavy (non-hydrogen) atoms. The first kappa shape index (κ1) is 26.3. The van der Waals surface area contributed by atoms with Crippen LogP contribution in [0.2, 0.25) is 0 Å². The molecule has 0 spiro atoms. The number of nitrogens with one attached hydrogen (secondary N) is 1. The molecule has 8 heteroatoms. The fraction of sp³-hybridized carbons (Fsp3) is 0.536. The number of likely N-dealkylation sites (tertiary alicyclic amines) is 1. The Bertz CT molecular complexity index is 1070. The summed E-state index contributed by atoms with van der Waals surface area (Å²) in [4.78, 5) is 12.1. The van der Waals surface area contributed by atoms with Crippen LogP contribution in [0.5, 0.6) is 0 Å². The van der Waals surface area contributed by atoms with E-state index in [0.717, 1.165) is 86.2 Å². The first-order chi connectivity index (χ1) is 17.4. The molecule has 0 saturated carbocycles. The van der Waals surface area contributed by atoms with Crippen LogP contribution in [0.4, 0.5) is 5.82 Å². The first-order valence-corrected chi connectivity index (χ1v) is 13.7. The Morgan fingerprint density at radius 2 is 2.17 bits per heavy atom. The summed E-state index contributed by atoms with van der Waals surface area (Å²) in [5.41, 5.74) is 9.05. The molecule has 3 N–H and O–H groups in total. The molecule has 3 aliphatic rings. The summed E-state index contributed by atoms with van der Waals surface area (Å²) < 4.78 is 0. The van der Waals surface area contributed by atoms with Gasteiger partial charge in [0.25, 0.3) is 0 Å². The number of hydrazone groups is 1. The third-order valence-corrected chi connectivity index (χ3v) is 7.77. The second-order valence-corrected chi connectivity index (χ2v) is 10.7. The molecule has 1 aromatic heterocycles. The van der Waals surface area contributed by atoms with E-state index in [9.17, 15) is 0 Å². The summed E-state index contributed by atoms with van der Waals surface area (Å²) in [6.45, 7) is 13.7. The van der Waals surface area contributed by atoms with Crippen LogP contribution in [0, 0.1) is 11.8 Å². The highest BCUT2D eigenvalue weighted by molar-refractivity contribution is 7.80. The van der Waals surface area contributed by atoms with Crippen LogP contribution < -0.4 is 11.1 Å². The topological polar surface area (TPSA) is 82.1 Å². The summed E-state index contributed by atoms with van der Waals surface area (Å²) >= 11 is 4.33. The van der Waals surface area contributed by atoms with Gasteiger partial charge in [-0.15, -0.1) is 12.6 Å². The predicted molar refractivity (Wildman–Crippen MR) is 153 cm³/mol. The number of nitrogens with two attached hydrogens (primary N) is 1. The Morgan fingerprint density at radius 1 is 1.33 bits per heavy atom. The second-order valence-electron chi connectivity index (χ2n) is 10.2. The van der Waals surface area contributed by atoms with Gasteiger partial charge < -0.3 is 16.0 Å².